The number of nitrogens with two attached hydrogens (primary N) is 1. The van der Waals surface area contributed by atoms with Gasteiger partial charge < -0.3 is 5.73 Å². The van der Waals surface area contributed by atoms with Crippen molar-refractivity contribution in [2.45, 2.75) is 31.8 Å². The minimum Gasteiger partial charge on any atom is -0.368 e. The van der Waals surface area contributed by atoms with Gasteiger partial charge in [-0.25, -0.2) is 0 Å². The minimum absolute atomic E-state index is 0.0744. The maximum atomic E-state index is 11.3. The van der Waals surface area contributed by atoms with Gasteiger partial charge in [0, 0.05) is 11.4 Å². The maximum absolute atomic E-state index is 11.3. The highest BCUT2D eigenvalue weighted by molar-refractivity contribution is 9.11. The van der Waals surface area contributed by atoms with Gasteiger partial charge in [0.25, 0.3) is 0 Å². The van der Waals surface area contributed by atoms with Crippen LogP contribution in [-0.2, 0) is 11.3 Å². The molecule has 1 aliphatic rings. The first-order valence-corrected chi connectivity index (χ1v) is 7.05. The Kier molecular flexibility index (Phi) is 4.00. The lowest BCUT2D eigenvalue weighted by Gasteiger charge is -2.33. The molecule has 0 aromatic carbocycles. The SMILES string of the molecule is NC(=O)C1CCCCN1Cc1ccc(Br)s1. The van der Waals surface area contributed by atoms with Crippen molar-refractivity contribution in [1.29, 1.82) is 0 Å². The van der Waals surface area contributed by atoms with Crippen molar-refractivity contribution in [3.63, 3.8) is 0 Å². The van der Waals surface area contributed by atoms with Crippen LogP contribution in [0.4, 0.5) is 0 Å². The van der Waals surface area contributed by atoms with Gasteiger partial charge in [-0.1, -0.05) is 6.42 Å². The second-order valence-corrected chi connectivity index (χ2v) is 6.64. The molecule has 0 radical (unpaired) electrons. The number of hydrogen-bond acceptors (Lipinski definition) is 3. The van der Waals surface area contributed by atoms with Crippen LogP contribution < -0.4 is 5.73 Å². The molecule has 1 aromatic rings. The molecule has 1 aromatic heterocycles. The number of halogens is 1. The molecule has 5 heteroatoms. The van der Waals surface area contributed by atoms with Crippen molar-refractivity contribution in [1.82, 2.24) is 4.90 Å². The molecule has 1 atom stereocenters. The van der Waals surface area contributed by atoms with E-state index in [4.69, 9.17) is 5.73 Å². The van der Waals surface area contributed by atoms with E-state index < -0.39 is 0 Å². The Balaban J connectivity index is 2.03. The van der Waals surface area contributed by atoms with Gasteiger partial charge >= 0.3 is 0 Å². The Morgan fingerprint density at radius 3 is 3.00 bits per heavy atom. The fourth-order valence-corrected chi connectivity index (χ4v) is 3.65. The number of hydrogen-bond donors (Lipinski definition) is 1. The molecule has 1 fully saturated rings. The van der Waals surface area contributed by atoms with E-state index in [-0.39, 0.29) is 11.9 Å². The topological polar surface area (TPSA) is 46.3 Å². The predicted octanol–water partition coefficient (Wildman–Crippen LogP) is 2.35. The fourth-order valence-electron chi connectivity index (χ4n) is 2.14. The molecule has 3 nitrogen and oxygen atoms in total. The van der Waals surface area contributed by atoms with Crippen molar-refractivity contribution in [2.24, 2.45) is 5.73 Å². The Bertz CT molecular complexity index is 380. The number of carbonyl (C=O) groups excluding carboxylic acids is 1. The third-order valence-corrected chi connectivity index (χ3v) is 4.54. The Labute approximate surface area is 108 Å². The van der Waals surface area contributed by atoms with Crippen molar-refractivity contribution < 1.29 is 4.79 Å². The van der Waals surface area contributed by atoms with Gasteiger partial charge in [0.05, 0.1) is 9.83 Å². The van der Waals surface area contributed by atoms with E-state index in [0.29, 0.717) is 0 Å². The molecule has 1 amide bonds. The molecular weight excluding hydrogens is 288 g/mol. The summed E-state index contributed by atoms with van der Waals surface area (Å²) in [4.78, 5) is 14.8. The molecule has 2 N–H and O–H groups in total. The predicted molar refractivity (Wildman–Crippen MR) is 69.3 cm³/mol. The van der Waals surface area contributed by atoms with Crippen LogP contribution in [0.3, 0.4) is 0 Å². The first-order valence-electron chi connectivity index (χ1n) is 5.44. The Morgan fingerprint density at radius 2 is 2.38 bits per heavy atom. The van der Waals surface area contributed by atoms with Crippen LogP contribution in [0.1, 0.15) is 24.1 Å². The minimum atomic E-state index is -0.185. The van der Waals surface area contributed by atoms with Crippen LogP contribution in [0.15, 0.2) is 15.9 Å². The van der Waals surface area contributed by atoms with Crippen molar-refractivity contribution in [3.05, 3.63) is 20.8 Å². The summed E-state index contributed by atoms with van der Waals surface area (Å²) in [5, 5.41) is 0. The molecule has 2 heterocycles. The fraction of sp³-hybridized carbons (Fsp3) is 0.545. The molecule has 0 bridgehead atoms. The van der Waals surface area contributed by atoms with Gasteiger partial charge in [0.1, 0.15) is 0 Å². The molecule has 88 valence electrons. The van der Waals surface area contributed by atoms with E-state index in [0.717, 1.165) is 36.1 Å². The van der Waals surface area contributed by atoms with E-state index in [1.54, 1.807) is 11.3 Å². The molecule has 16 heavy (non-hydrogen) atoms. The lowest BCUT2D eigenvalue weighted by Crippen LogP contribution is -2.46. The average Bonchev–Trinajstić information content (AvgIpc) is 2.64. The summed E-state index contributed by atoms with van der Waals surface area (Å²) in [5.41, 5.74) is 5.43. The summed E-state index contributed by atoms with van der Waals surface area (Å²) >= 11 is 5.17. The quantitative estimate of drug-likeness (QED) is 0.931. The zero-order valence-electron chi connectivity index (χ0n) is 8.99. The van der Waals surface area contributed by atoms with Crippen LogP contribution in [-0.4, -0.2) is 23.4 Å². The monoisotopic (exact) mass is 302 g/mol. The van der Waals surface area contributed by atoms with E-state index in [9.17, 15) is 4.79 Å². The lowest BCUT2D eigenvalue weighted by molar-refractivity contribution is -0.124. The van der Waals surface area contributed by atoms with Crippen LogP contribution in [0, 0.1) is 0 Å². The van der Waals surface area contributed by atoms with Gasteiger partial charge in [-0.05, 0) is 47.4 Å². The Hall–Kier alpha value is -0.390. The summed E-state index contributed by atoms with van der Waals surface area (Å²) in [5.74, 6) is -0.185. The van der Waals surface area contributed by atoms with E-state index in [1.807, 2.05) is 6.07 Å². The zero-order chi connectivity index (χ0) is 11.5. The highest BCUT2D eigenvalue weighted by Crippen LogP contribution is 2.26. The number of likely N-dealkylation sites (tertiary alicyclic amines) is 1. The second-order valence-electron chi connectivity index (χ2n) is 4.09. The molecule has 0 aliphatic carbocycles. The maximum Gasteiger partial charge on any atom is 0.234 e. The third kappa shape index (κ3) is 2.84. The Morgan fingerprint density at radius 1 is 1.56 bits per heavy atom. The molecule has 0 spiro atoms. The lowest BCUT2D eigenvalue weighted by atomic mass is 10.0. The van der Waals surface area contributed by atoms with Gasteiger partial charge in [-0.2, -0.15) is 0 Å². The summed E-state index contributed by atoms with van der Waals surface area (Å²) in [6.45, 7) is 1.81. The smallest absolute Gasteiger partial charge is 0.234 e. The number of thiophene rings is 1. The van der Waals surface area contributed by atoms with Gasteiger partial charge in [0.15, 0.2) is 0 Å². The molecule has 0 saturated carbocycles. The highest BCUT2D eigenvalue weighted by atomic mass is 79.9. The van der Waals surface area contributed by atoms with Gasteiger partial charge in [0.2, 0.25) is 5.91 Å². The highest BCUT2D eigenvalue weighted by Gasteiger charge is 2.26. The number of amides is 1. The van der Waals surface area contributed by atoms with Crippen molar-refractivity contribution in [2.75, 3.05) is 6.54 Å². The number of rotatable bonds is 3. The van der Waals surface area contributed by atoms with E-state index in [2.05, 4.69) is 26.9 Å². The van der Waals surface area contributed by atoms with Crippen LogP contribution in [0.25, 0.3) is 0 Å². The molecule has 1 saturated heterocycles. The average molecular weight is 303 g/mol. The molecule has 2 rings (SSSR count). The summed E-state index contributed by atoms with van der Waals surface area (Å²) in [7, 11) is 0. The van der Waals surface area contributed by atoms with Crippen molar-refractivity contribution in [3.8, 4) is 0 Å². The van der Waals surface area contributed by atoms with Crippen molar-refractivity contribution >= 4 is 33.2 Å². The first kappa shape index (κ1) is 12.1. The first-order chi connectivity index (χ1) is 7.66. The largest absolute Gasteiger partial charge is 0.368 e. The van der Waals surface area contributed by atoms with Crippen LogP contribution in [0.2, 0.25) is 0 Å². The third-order valence-electron chi connectivity index (χ3n) is 2.93. The second kappa shape index (κ2) is 5.29. The summed E-state index contributed by atoms with van der Waals surface area (Å²) < 4.78 is 1.13. The van der Waals surface area contributed by atoms with Crippen LogP contribution in [0.5, 0.6) is 0 Å². The van der Waals surface area contributed by atoms with E-state index >= 15 is 0 Å². The molecular formula is C11H15BrN2OS. The number of nitrogens with zero attached hydrogens (tertiary/aromatic N) is 1. The van der Waals surface area contributed by atoms with Gasteiger partial charge in [-0.3, -0.25) is 9.69 Å². The number of carbonyl (C=O) groups is 1. The zero-order valence-corrected chi connectivity index (χ0v) is 11.4. The standard InChI is InChI=1S/C11H15BrN2OS/c12-10-5-4-8(16-10)7-14-6-2-1-3-9(14)11(13)15/h4-5,9H,1-3,6-7H2,(H2,13,15). The summed E-state index contributed by atoms with van der Waals surface area (Å²) in [6.07, 6.45) is 3.18. The van der Waals surface area contributed by atoms with Crippen LogP contribution >= 0.6 is 27.3 Å². The normalized spacial score (nSPS) is 22.2. The number of piperidine rings is 1. The molecule has 1 unspecified atom stereocenters. The van der Waals surface area contributed by atoms with Gasteiger partial charge in [-0.15, -0.1) is 11.3 Å². The summed E-state index contributed by atoms with van der Waals surface area (Å²) in [6, 6.07) is 4.07. The van der Waals surface area contributed by atoms with E-state index in [1.165, 1.54) is 4.88 Å². The number of primary amides is 1. The molecule has 1 aliphatic heterocycles.